The van der Waals surface area contributed by atoms with E-state index in [9.17, 15) is 0 Å². The third kappa shape index (κ3) is 3.81. The number of rotatable bonds is 6. The van der Waals surface area contributed by atoms with Crippen LogP contribution >= 0.6 is 11.8 Å². The molecule has 134 valence electrons. The molecule has 5 nitrogen and oxygen atoms in total. The van der Waals surface area contributed by atoms with Crippen LogP contribution in [0.4, 0.5) is 0 Å². The average Bonchev–Trinajstić information content (AvgIpc) is 3.14. The fourth-order valence-corrected chi connectivity index (χ4v) is 4.14. The van der Waals surface area contributed by atoms with Crippen LogP contribution in [0.3, 0.4) is 0 Å². The normalized spacial score (nSPS) is 16.4. The lowest BCUT2D eigenvalue weighted by Gasteiger charge is -2.25. The maximum Gasteiger partial charge on any atom is 0.214 e. The number of ether oxygens (including phenoxy) is 1. The first-order valence-electron chi connectivity index (χ1n) is 8.97. The molecule has 0 saturated heterocycles. The lowest BCUT2D eigenvalue weighted by atomic mass is 9.97. The number of fused-ring (bicyclic) bond motifs is 1. The second kappa shape index (κ2) is 8.01. The minimum atomic E-state index is 0.317. The van der Waals surface area contributed by atoms with Crippen molar-refractivity contribution in [2.75, 3.05) is 5.75 Å². The van der Waals surface area contributed by atoms with Crippen LogP contribution in [-0.2, 0) is 17.8 Å². The Morgan fingerprint density at radius 2 is 1.92 bits per heavy atom. The summed E-state index contributed by atoms with van der Waals surface area (Å²) in [6.45, 7) is 2.81. The molecule has 0 spiro atoms. The SMILES string of the molecule is Cc1ccccc1-n1nnnc1SCCCC1Cc2ccccc2CO1. The molecule has 4 rings (SSSR count). The number of aromatic nitrogens is 4. The summed E-state index contributed by atoms with van der Waals surface area (Å²) in [4.78, 5) is 0. The van der Waals surface area contributed by atoms with Gasteiger partial charge >= 0.3 is 0 Å². The Morgan fingerprint density at radius 3 is 2.81 bits per heavy atom. The van der Waals surface area contributed by atoms with Crippen molar-refractivity contribution in [1.82, 2.24) is 20.2 Å². The smallest absolute Gasteiger partial charge is 0.214 e. The number of tetrazole rings is 1. The zero-order chi connectivity index (χ0) is 17.8. The molecule has 0 fully saturated rings. The molecule has 3 aromatic rings. The van der Waals surface area contributed by atoms with Crippen molar-refractivity contribution in [3.8, 4) is 5.69 Å². The fraction of sp³-hybridized carbons (Fsp3) is 0.350. The summed E-state index contributed by atoms with van der Waals surface area (Å²) >= 11 is 1.70. The Morgan fingerprint density at radius 1 is 1.12 bits per heavy atom. The van der Waals surface area contributed by atoms with Crippen molar-refractivity contribution >= 4 is 11.8 Å². The largest absolute Gasteiger partial charge is 0.373 e. The van der Waals surface area contributed by atoms with Gasteiger partial charge in [0.25, 0.3) is 0 Å². The van der Waals surface area contributed by atoms with Gasteiger partial charge in [0.2, 0.25) is 5.16 Å². The van der Waals surface area contributed by atoms with Gasteiger partial charge in [0.1, 0.15) is 0 Å². The van der Waals surface area contributed by atoms with Gasteiger partial charge < -0.3 is 4.74 Å². The van der Waals surface area contributed by atoms with E-state index < -0.39 is 0 Å². The van der Waals surface area contributed by atoms with Crippen LogP contribution in [0.2, 0.25) is 0 Å². The monoisotopic (exact) mass is 366 g/mol. The zero-order valence-corrected chi connectivity index (χ0v) is 15.7. The van der Waals surface area contributed by atoms with E-state index >= 15 is 0 Å². The highest BCUT2D eigenvalue weighted by atomic mass is 32.2. The third-order valence-electron chi connectivity index (χ3n) is 4.73. The van der Waals surface area contributed by atoms with E-state index in [0.29, 0.717) is 6.10 Å². The number of hydrogen-bond donors (Lipinski definition) is 0. The number of thioether (sulfide) groups is 1. The van der Waals surface area contributed by atoms with Gasteiger partial charge in [-0.25, -0.2) is 0 Å². The fourth-order valence-electron chi connectivity index (χ4n) is 3.29. The summed E-state index contributed by atoms with van der Waals surface area (Å²) < 4.78 is 7.82. The summed E-state index contributed by atoms with van der Waals surface area (Å²) in [5.74, 6) is 0.980. The van der Waals surface area contributed by atoms with Crippen molar-refractivity contribution in [1.29, 1.82) is 0 Å². The predicted octanol–water partition coefficient (Wildman–Crippen LogP) is 3.98. The van der Waals surface area contributed by atoms with Gasteiger partial charge in [-0.15, -0.1) is 5.10 Å². The van der Waals surface area contributed by atoms with E-state index in [0.717, 1.165) is 48.0 Å². The molecule has 1 aliphatic rings. The summed E-state index contributed by atoms with van der Waals surface area (Å²) in [6, 6.07) is 16.7. The van der Waals surface area contributed by atoms with Gasteiger partial charge in [-0.05, 0) is 59.4 Å². The number of para-hydroxylation sites is 1. The Balaban J connectivity index is 1.30. The summed E-state index contributed by atoms with van der Waals surface area (Å²) in [5.41, 5.74) is 4.96. The van der Waals surface area contributed by atoms with E-state index in [4.69, 9.17) is 4.74 Å². The van der Waals surface area contributed by atoms with Crippen molar-refractivity contribution in [2.24, 2.45) is 0 Å². The highest BCUT2D eigenvalue weighted by Gasteiger charge is 2.18. The standard InChI is InChI=1S/C20H22N4OS/c1-15-7-2-5-11-19(15)24-20(21-22-23-24)26-12-6-10-18-13-16-8-3-4-9-17(16)14-25-18/h2-5,7-9,11,18H,6,10,12-14H2,1H3. The average molecular weight is 366 g/mol. The van der Waals surface area contributed by atoms with Crippen LogP contribution in [0.1, 0.15) is 29.5 Å². The molecule has 1 aliphatic heterocycles. The molecule has 0 saturated carbocycles. The van der Waals surface area contributed by atoms with Crippen LogP contribution < -0.4 is 0 Å². The Bertz CT molecular complexity index is 880. The lowest BCUT2D eigenvalue weighted by molar-refractivity contribution is 0.0230. The van der Waals surface area contributed by atoms with Crippen LogP contribution in [0.15, 0.2) is 53.7 Å². The molecule has 0 aliphatic carbocycles. The maximum absolute atomic E-state index is 6.00. The number of aryl methyl sites for hydroxylation is 1. The van der Waals surface area contributed by atoms with E-state index in [1.807, 2.05) is 22.9 Å². The molecule has 1 atom stereocenters. The zero-order valence-electron chi connectivity index (χ0n) is 14.8. The van der Waals surface area contributed by atoms with E-state index in [1.54, 1.807) is 11.8 Å². The van der Waals surface area contributed by atoms with Gasteiger partial charge in [0, 0.05) is 5.75 Å². The number of nitrogens with zero attached hydrogens (tertiary/aromatic N) is 4. The first-order valence-corrected chi connectivity index (χ1v) is 9.95. The van der Waals surface area contributed by atoms with Crippen molar-refractivity contribution in [3.63, 3.8) is 0 Å². The molecular weight excluding hydrogens is 344 g/mol. The Labute approximate surface area is 157 Å². The molecule has 1 aromatic heterocycles. The van der Waals surface area contributed by atoms with Crippen LogP contribution in [0.25, 0.3) is 5.69 Å². The molecule has 2 heterocycles. The predicted molar refractivity (Wildman–Crippen MR) is 103 cm³/mol. The lowest BCUT2D eigenvalue weighted by Crippen LogP contribution is -2.22. The molecule has 0 N–H and O–H groups in total. The van der Waals surface area contributed by atoms with Crippen LogP contribution in [-0.4, -0.2) is 32.1 Å². The summed E-state index contributed by atoms with van der Waals surface area (Å²) in [6.07, 6.45) is 3.48. The molecule has 0 bridgehead atoms. The van der Waals surface area contributed by atoms with Gasteiger partial charge in [0.05, 0.1) is 18.4 Å². The van der Waals surface area contributed by atoms with E-state index in [2.05, 4.69) is 52.8 Å². The molecular formula is C20H22N4OS. The molecule has 26 heavy (non-hydrogen) atoms. The molecule has 0 radical (unpaired) electrons. The van der Waals surface area contributed by atoms with Crippen LogP contribution in [0.5, 0.6) is 0 Å². The van der Waals surface area contributed by atoms with Gasteiger partial charge in [-0.1, -0.05) is 54.2 Å². The Hall–Kier alpha value is -2.18. The molecule has 0 amide bonds. The van der Waals surface area contributed by atoms with Crippen molar-refractivity contribution in [3.05, 3.63) is 65.2 Å². The minimum Gasteiger partial charge on any atom is -0.373 e. The number of hydrogen-bond acceptors (Lipinski definition) is 5. The molecule has 2 aromatic carbocycles. The first-order chi connectivity index (χ1) is 12.8. The van der Waals surface area contributed by atoms with Gasteiger partial charge in [0.15, 0.2) is 0 Å². The minimum absolute atomic E-state index is 0.317. The Kier molecular flexibility index (Phi) is 5.32. The quantitative estimate of drug-likeness (QED) is 0.488. The highest BCUT2D eigenvalue weighted by molar-refractivity contribution is 7.99. The summed E-state index contributed by atoms with van der Waals surface area (Å²) in [7, 11) is 0. The van der Waals surface area contributed by atoms with Gasteiger partial charge in [-0.3, -0.25) is 0 Å². The van der Waals surface area contributed by atoms with Gasteiger partial charge in [-0.2, -0.15) is 4.68 Å². The highest BCUT2D eigenvalue weighted by Crippen LogP contribution is 2.25. The first kappa shape index (κ1) is 17.2. The van der Waals surface area contributed by atoms with Crippen molar-refractivity contribution < 1.29 is 4.74 Å². The topological polar surface area (TPSA) is 52.8 Å². The van der Waals surface area contributed by atoms with Crippen LogP contribution in [0, 0.1) is 6.92 Å². The molecule has 1 unspecified atom stereocenters. The summed E-state index contributed by atoms with van der Waals surface area (Å²) in [5, 5.41) is 13.0. The number of benzene rings is 2. The van der Waals surface area contributed by atoms with Crippen molar-refractivity contribution in [2.45, 2.75) is 44.1 Å². The second-order valence-electron chi connectivity index (χ2n) is 6.56. The molecule has 6 heteroatoms. The second-order valence-corrected chi connectivity index (χ2v) is 7.62. The van der Waals surface area contributed by atoms with E-state index in [1.165, 1.54) is 11.1 Å². The maximum atomic E-state index is 6.00. The third-order valence-corrected chi connectivity index (χ3v) is 5.73. The van der Waals surface area contributed by atoms with E-state index in [-0.39, 0.29) is 0 Å².